The fraction of sp³-hybridized carbons (Fsp3) is 0.667. The number of rotatable bonds is 6. The van der Waals surface area contributed by atoms with Gasteiger partial charge in [-0.05, 0) is 19.3 Å². The maximum atomic E-state index is 11.5. The molecule has 5 heteroatoms. The lowest BCUT2D eigenvalue weighted by molar-refractivity contribution is -0.141. The van der Waals surface area contributed by atoms with Gasteiger partial charge < -0.3 is 15.2 Å². The summed E-state index contributed by atoms with van der Waals surface area (Å²) in [6.45, 7) is 0.751. The summed E-state index contributed by atoms with van der Waals surface area (Å²) in [5.74, 6) is 0.839. The molecule has 1 amide bonds. The monoisotopic (exact) mass is 239 g/mol. The second kappa shape index (κ2) is 6.92. The van der Waals surface area contributed by atoms with E-state index in [9.17, 15) is 9.59 Å². The first-order valence-electron chi connectivity index (χ1n) is 5.70. The fourth-order valence-corrected chi connectivity index (χ4v) is 1.75. The Balaban J connectivity index is 2.26. The van der Waals surface area contributed by atoms with Crippen molar-refractivity contribution in [3.05, 3.63) is 0 Å². The molecule has 0 aromatic carbocycles. The van der Waals surface area contributed by atoms with Crippen LogP contribution in [0.1, 0.15) is 32.1 Å². The number of carbonyl (C=O) groups is 2. The second-order valence-electron chi connectivity index (χ2n) is 4.04. The van der Waals surface area contributed by atoms with Gasteiger partial charge in [-0.25, -0.2) is 4.79 Å². The zero-order chi connectivity index (χ0) is 12.7. The number of terminal acetylenes is 1. The highest BCUT2D eigenvalue weighted by Gasteiger charge is 2.20. The third-order valence-electron chi connectivity index (χ3n) is 2.67. The van der Waals surface area contributed by atoms with Gasteiger partial charge in [-0.3, -0.25) is 4.79 Å². The third-order valence-corrected chi connectivity index (χ3v) is 2.67. The summed E-state index contributed by atoms with van der Waals surface area (Å²) in [5, 5.41) is 11.2. The summed E-state index contributed by atoms with van der Waals surface area (Å²) in [6, 6.07) is -0.989. The first-order valence-corrected chi connectivity index (χ1v) is 5.70. The molecule has 0 radical (unpaired) electrons. The minimum Gasteiger partial charge on any atom is -0.480 e. The molecule has 0 aromatic heterocycles. The van der Waals surface area contributed by atoms with Crippen LogP contribution in [0, 0.1) is 12.3 Å². The Labute approximate surface area is 101 Å². The van der Waals surface area contributed by atoms with E-state index in [4.69, 9.17) is 16.3 Å². The lowest BCUT2D eigenvalue weighted by Gasteiger charge is -2.13. The van der Waals surface area contributed by atoms with Crippen LogP contribution < -0.4 is 5.32 Å². The van der Waals surface area contributed by atoms with Gasteiger partial charge in [0.25, 0.3) is 0 Å². The van der Waals surface area contributed by atoms with E-state index < -0.39 is 12.0 Å². The Morgan fingerprint density at radius 3 is 2.88 bits per heavy atom. The van der Waals surface area contributed by atoms with Gasteiger partial charge >= 0.3 is 5.97 Å². The fourth-order valence-electron chi connectivity index (χ4n) is 1.75. The van der Waals surface area contributed by atoms with Crippen LogP contribution in [0.3, 0.4) is 0 Å². The Morgan fingerprint density at radius 2 is 2.35 bits per heavy atom. The van der Waals surface area contributed by atoms with E-state index in [0.29, 0.717) is 6.42 Å². The molecule has 2 N–H and O–H groups in total. The topological polar surface area (TPSA) is 75.6 Å². The van der Waals surface area contributed by atoms with Crippen LogP contribution in [0.4, 0.5) is 0 Å². The predicted octanol–water partition coefficient (Wildman–Crippen LogP) is 0.538. The van der Waals surface area contributed by atoms with Crippen molar-refractivity contribution >= 4 is 11.9 Å². The predicted molar refractivity (Wildman–Crippen MR) is 61.2 cm³/mol. The number of carboxylic acids is 1. The van der Waals surface area contributed by atoms with E-state index >= 15 is 0 Å². The number of carbonyl (C=O) groups excluding carboxylic acids is 1. The number of amides is 1. The van der Waals surface area contributed by atoms with Crippen molar-refractivity contribution in [1.29, 1.82) is 0 Å². The largest absolute Gasteiger partial charge is 0.480 e. The molecule has 1 saturated heterocycles. The average molecular weight is 239 g/mol. The van der Waals surface area contributed by atoms with Gasteiger partial charge in [0, 0.05) is 19.4 Å². The minimum atomic E-state index is -1.10. The Hall–Kier alpha value is -1.54. The van der Waals surface area contributed by atoms with Crippen LogP contribution in [0.25, 0.3) is 0 Å². The molecular formula is C12H17NO4. The molecule has 1 aliphatic heterocycles. The lowest BCUT2D eigenvalue weighted by Crippen LogP contribution is -2.40. The normalized spacial score (nSPS) is 20.5. The Kier molecular flexibility index (Phi) is 5.50. The van der Waals surface area contributed by atoms with Gasteiger partial charge in [-0.1, -0.05) is 0 Å². The van der Waals surface area contributed by atoms with E-state index in [-0.39, 0.29) is 24.9 Å². The van der Waals surface area contributed by atoms with Crippen LogP contribution in [0.15, 0.2) is 0 Å². The van der Waals surface area contributed by atoms with Crippen molar-refractivity contribution in [3.63, 3.8) is 0 Å². The molecule has 17 heavy (non-hydrogen) atoms. The van der Waals surface area contributed by atoms with Crippen molar-refractivity contribution in [2.75, 3.05) is 6.61 Å². The summed E-state index contributed by atoms with van der Waals surface area (Å²) in [7, 11) is 0. The lowest BCUT2D eigenvalue weighted by atomic mass is 10.1. The molecule has 0 spiro atoms. The summed E-state index contributed by atoms with van der Waals surface area (Å²) >= 11 is 0. The quantitative estimate of drug-likeness (QED) is 0.663. The van der Waals surface area contributed by atoms with E-state index in [1.54, 1.807) is 0 Å². The maximum absolute atomic E-state index is 11.5. The molecule has 2 atom stereocenters. The molecule has 1 heterocycles. The van der Waals surface area contributed by atoms with Gasteiger partial charge in [0.2, 0.25) is 5.91 Å². The minimum absolute atomic E-state index is 0.000994. The zero-order valence-corrected chi connectivity index (χ0v) is 9.65. The summed E-state index contributed by atoms with van der Waals surface area (Å²) in [6.07, 6.45) is 8.08. The number of hydrogen-bond donors (Lipinski definition) is 2. The summed E-state index contributed by atoms with van der Waals surface area (Å²) < 4.78 is 5.37. The summed E-state index contributed by atoms with van der Waals surface area (Å²) in [4.78, 5) is 22.2. The first-order chi connectivity index (χ1) is 8.13. The highest BCUT2D eigenvalue weighted by Crippen LogP contribution is 2.16. The zero-order valence-electron chi connectivity index (χ0n) is 9.65. The van der Waals surface area contributed by atoms with Gasteiger partial charge in [-0.2, -0.15) is 0 Å². The molecule has 2 unspecified atom stereocenters. The first kappa shape index (κ1) is 13.5. The Bertz CT molecular complexity index is 315. The van der Waals surface area contributed by atoms with Gasteiger partial charge in [0.1, 0.15) is 6.04 Å². The number of hydrogen-bond acceptors (Lipinski definition) is 3. The molecule has 0 aromatic rings. The summed E-state index contributed by atoms with van der Waals surface area (Å²) in [5.41, 5.74) is 0. The molecular weight excluding hydrogens is 222 g/mol. The van der Waals surface area contributed by atoms with E-state index in [1.165, 1.54) is 0 Å². The second-order valence-corrected chi connectivity index (χ2v) is 4.04. The van der Waals surface area contributed by atoms with Gasteiger partial charge in [0.15, 0.2) is 0 Å². The van der Waals surface area contributed by atoms with Crippen molar-refractivity contribution in [2.45, 2.75) is 44.2 Å². The molecule has 1 fully saturated rings. The molecule has 1 aliphatic rings. The third kappa shape index (κ3) is 4.87. The molecule has 0 bridgehead atoms. The van der Waals surface area contributed by atoms with Gasteiger partial charge in [0.05, 0.1) is 6.10 Å². The van der Waals surface area contributed by atoms with E-state index in [1.807, 2.05) is 0 Å². The standard InChI is InChI=1S/C12H17NO4/c1-2-4-10(12(15)16)13-11(14)7-6-9-5-3-8-17-9/h1,9-10H,3-8H2,(H,13,14)(H,15,16). The highest BCUT2D eigenvalue weighted by atomic mass is 16.5. The van der Waals surface area contributed by atoms with Crippen LogP contribution in [0.2, 0.25) is 0 Å². The maximum Gasteiger partial charge on any atom is 0.327 e. The number of ether oxygens (including phenoxy) is 1. The van der Waals surface area contributed by atoms with Crippen LogP contribution >= 0.6 is 0 Å². The van der Waals surface area contributed by atoms with E-state index in [2.05, 4.69) is 11.2 Å². The van der Waals surface area contributed by atoms with E-state index in [0.717, 1.165) is 19.4 Å². The highest BCUT2D eigenvalue weighted by molar-refractivity contribution is 5.83. The molecule has 0 saturated carbocycles. The Morgan fingerprint density at radius 1 is 1.59 bits per heavy atom. The van der Waals surface area contributed by atoms with Gasteiger partial charge in [-0.15, -0.1) is 12.3 Å². The SMILES string of the molecule is C#CCC(NC(=O)CCC1CCCO1)C(=O)O. The van der Waals surface area contributed by atoms with Crippen LogP contribution in [-0.2, 0) is 14.3 Å². The molecule has 1 rings (SSSR count). The molecule has 94 valence electrons. The van der Waals surface area contributed by atoms with Crippen LogP contribution in [-0.4, -0.2) is 35.7 Å². The number of aliphatic carboxylic acids is 1. The van der Waals surface area contributed by atoms with Crippen LogP contribution in [0.5, 0.6) is 0 Å². The number of nitrogens with one attached hydrogen (secondary N) is 1. The molecule has 5 nitrogen and oxygen atoms in total. The van der Waals surface area contributed by atoms with Crippen molar-refractivity contribution in [1.82, 2.24) is 5.32 Å². The average Bonchev–Trinajstić information content (AvgIpc) is 2.78. The van der Waals surface area contributed by atoms with Crippen molar-refractivity contribution in [2.24, 2.45) is 0 Å². The van der Waals surface area contributed by atoms with Crippen molar-refractivity contribution < 1.29 is 19.4 Å². The molecule has 0 aliphatic carbocycles. The smallest absolute Gasteiger partial charge is 0.327 e. The van der Waals surface area contributed by atoms with Crippen molar-refractivity contribution in [3.8, 4) is 12.3 Å². The number of carboxylic acid groups (broad SMARTS) is 1.